The Morgan fingerprint density at radius 1 is 1.00 bits per heavy atom. The van der Waals surface area contributed by atoms with Crippen molar-refractivity contribution in [3.8, 4) is 0 Å². The molecule has 0 spiro atoms. The number of rotatable bonds is 4. The Bertz CT molecular complexity index is 814. The lowest BCUT2D eigenvalue weighted by atomic mass is 9.79. The van der Waals surface area contributed by atoms with Gasteiger partial charge in [-0.05, 0) is 47.5 Å². The highest BCUT2D eigenvalue weighted by molar-refractivity contribution is 5.90. The van der Waals surface area contributed by atoms with E-state index in [1.807, 2.05) is 0 Å². The van der Waals surface area contributed by atoms with Crippen molar-refractivity contribution in [1.82, 2.24) is 41.0 Å². The summed E-state index contributed by atoms with van der Waals surface area (Å²) in [6, 6.07) is 0.113. The van der Waals surface area contributed by atoms with Crippen LogP contribution in [0.15, 0.2) is 24.8 Å². The van der Waals surface area contributed by atoms with Crippen molar-refractivity contribution >= 4 is 11.9 Å². The van der Waals surface area contributed by atoms with Crippen molar-refractivity contribution in [1.29, 1.82) is 0 Å². The number of esters is 1. The van der Waals surface area contributed by atoms with Crippen LogP contribution in [0.1, 0.15) is 68.7 Å². The minimum Gasteiger partial charge on any atom is -0.460 e. The van der Waals surface area contributed by atoms with E-state index in [2.05, 4.69) is 73.4 Å². The average molecular weight is 416 g/mol. The van der Waals surface area contributed by atoms with Gasteiger partial charge in [-0.2, -0.15) is 10.2 Å². The fourth-order valence-electron chi connectivity index (χ4n) is 3.56. The zero-order valence-corrected chi connectivity index (χ0v) is 17.9. The monoisotopic (exact) mass is 416 g/mol. The first-order valence-corrected chi connectivity index (χ1v) is 9.66. The molecule has 11 heteroatoms. The minimum absolute atomic E-state index is 0.00447. The van der Waals surface area contributed by atoms with Crippen LogP contribution in [0, 0.1) is 0 Å². The van der Waals surface area contributed by atoms with Gasteiger partial charge in [0, 0.05) is 29.5 Å². The van der Waals surface area contributed by atoms with Gasteiger partial charge in [0.1, 0.15) is 0 Å². The molecule has 2 aromatic rings. The summed E-state index contributed by atoms with van der Waals surface area (Å²) in [6.45, 7) is 10.6. The third-order valence-electron chi connectivity index (χ3n) is 4.15. The van der Waals surface area contributed by atoms with Gasteiger partial charge in [-0.1, -0.05) is 0 Å². The Morgan fingerprint density at radius 2 is 1.53 bits per heavy atom. The average Bonchev–Trinajstić information content (AvgIpc) is 2.67. The summed E-state index contributed by atoms with van der Waals surface area (Å²) in [7, 11) is 0. The lowest BCUT2D eigenvalue weighted by Gasteiger charge is -2.46. The van der Waals surface area contributed by atoms with E-state index in [0.29, 0.717) is 6.61 Å². The minimum atomic E-state index is -0.541. The van der Waals surface area contributed by atoms with Crippen LogP contribution in [0.4, 0.5) is 0 Å². The van der Waals surface area contributed by atoms with Crippen LogP contribution in [0.2, 0.25) is 0 Å². The van der Waals surface area contributed by atoms with Crippen LogP contribution >= 0.6 is 0 Å². The second-order valence-electron chi connectivity index (χ2n) is 8.12. The SMILES string of the molecule is CC1(C)CC(NC(=O)c2nccnn2)CC(C)(C)N1.CCOC(=O)c1nccnn1. The van der Waals surface area contributed by atoms with E-state index in [4.69, 9.17) is 0 Å². The van der Waals surface area contributed by atoms with Gasteiger partial charge in [-0.25, -0.2) is 14.8 Å². The predicted octanol–water partition coefficient (Wildman–Crippen LogP) is 0.959. The van der Waals surface area contributed by atoms with E-state index in [9.17, 15) is 9.59 Å². The first-order chi connectivity index (χ1) is 14.1. The van der Waals surface area contributed by atoms with Crippen LogP contribution < -0.4 is 10.6 Å². The number of ether oxygens (including phenoxy) is 1. The standard InChI is InChI=1S/C13H21N5O.C6H7N3O2/c1-12(2)7-9(8-13(3,4)18-12)16-11(19)10-14-5-6-15-17-10;1-2-11-6(10)5-7-3-4-8-9-5/h5-6,9,18H,7-8H2,1-4H3,(H,16,19);3-4H,2H2,1H3. The molecule has 0 bridgehead atoms. The normalized spacial score (nSPS) is 17.2. The summed E-state index contributed by atoms with van der Waals surface area (Å²) < 4.78 is 4.62. The van der Waals surface area contributed by atoms with Crippen LogP contribution in [0.25, 0.3) is 0 Å². The maximum absolute atomic E-state index is 12.0. The van der Waals surface area contributed by atoms with Crippen molar-refractivity contribution in [2.75, 3.05) is 6.61 Å². The van der Waals surface area contributed by atoms with Gasteiger partial charge in [0.25, 0.3) is 11.7 Å². The number of nitrogens with one attached hydrogen (secondary N) is 2. The van der Waals surface area contributed by atoms with Gasteiger partial charge in [-0.3, -0.25) is 4.79 Å². The third kappa shape index (κ3) is 7.39. The highest BCUT2D eigenvalue weighted by Crippen LogP contribution is 2.28. The second kappa shape index (κ2) is 10.1. The van der Waals surface area contributed by atoms with Gasteiger partial charge < -0.3 is 15.4 Å². The second-order valence-corrected chi connectivity index (χ2v) is 8.12. The van der Waals surface area contributed by atoms with Crippen LogP contribution in [-0.2, 0) is 4.74 Å². The molecule has 1 amide bonds. The molecule has 1 saturated heterocycles. The molecule has 0 saturated carbocycles. The van der Waals surface area contributed by atoms with Crippen molar-refractivity contribution in [2.45, 2.75) is 64.6 Å². The molecule has 3 heterocycles. The number of piperidine rings is 1. The summed E-state index contributed by atoms with van der Waals surface area (Å²) in [5, 5.41) is 20.9. The number of aromatic nitrogens is 6. The van der Waals surface area contributed by atoms with E-state index in [1.54, 1.807) is 6.92 Å². The summed E-state index contributed by atoms with van der Waals surface area (Å²) in [6.07, 6.45) is 7.46. The lowest BCUT2D eigenvalue weighted by molar-refractivity contribution is 0.0510. The molecule has 0 atom stereocenters. The lowest BCUT2D eigenvalue weighted by Crippen LogP contribution is -2.62. The molecule has 0 radical (unpaired) electrons. The smallest absolute Gasteiger partial charge is 0.378 e. The van der Waals surface area contributed by atoms with Gasteiger partial charge in [0.05, 0.1) is 19.0 Å². The Kier molecular flexibility index (Phi) is 7.81. The fourth-order valence-corrected chi connectivity index (χ4v) is 3.56. The van der Waals surface area contributed by atoms with Gasteiger partial charge in [0.2, 0.25) is 5.82 Å². The molecule has 1 aliphatic rings. The van der Waals surface area contributed by atoms with Crippen LogP contribution in [0.5, 0.6) is 0 Å². The van der Waals surface area contributed by atoms with Gasteiger partial charge in [-0.15, -0.1) is 10.2 Å². The quantitative estimate of drug-likeness (QED) is 0.691. The molecule has 1 aliphatic heterocycles. The van der Waals surface area contributed by atoms with Crippen molar-refractivity contribution < 1.29 is 14.3 Å². The molecule has 0 unspecified atom stereocenters. The first-order valence-electron chi connectivity index (χ1n) is 9.66. The summed E-state index contributed by atoms with van der Waals surface area (Å²) in [5.41, 5.74) is -0.00895. The summed E-state index contributed by atoms with van der Waals surface area (Å²) >= 11 is 0. The van der Waals surface area contributed by atoms with E-state index in [-0.39, 0.29) is 34.7 Å². The molecule has 0 aliphatic carbocycles. The molecule has 0 aromatic carbocycles. The number of carbonyl (C=O) groups excluding carboxylic acids is 2. The molecule has 3 rings (SSSR count). The van der Waals surface area contributed by atoms with E-state index in [1.165, 1.54) is 24.8 Å². The van der Waals surface area contributed by atoms with E-state index in [0.717, 1.165) is 12.8 Å². The molecule has 1 fully saturated rings. The number of hydrogen-bond donors (Lipinski definition) is 2. The number of hydrogen-bond acceptors (Lipinski definition) is 10. The predicted molar refractivity (Wildman–Crippen MR) is 107 cm³/mol. The molecular formula is C19H28N8O3. The topological polar surface area (TPSA) is 145 Å². The fraction of sp³-hybridized carbons (Fsp3) is 0.579. The van der Waals surface area contributed by atoms with Crippen LogP contribution in [-0.4, -0.2) is 66.0 Å². The number of amides is 1. The Morgan fingerprint density at radius 3 is 2.00 bits per heavy atom. The van der Waals surface area contributed by atoms with Crippen molar-refractivity contribution in [3.05, 3.63) is 36.4 Å². The third-order valence-corrected chi connectivity index (χ3v) is 4.15. The molecule has 2 aromatic heterocycles. The summed E-state index contributed by atoms with van der Waals surface area (Å²) in [4.78, 5) is 30.5. The maximum atomic E-state index is 12.0. The molecule has 30 heavy (non-hydrogen) atoms. The van der Waals surface area contributed by atoms with E-state index >= 15 is 0 Å². The van der Waals surface area contributed by atoms with Crippen molar-refractivity contribution in [3.63, 3.8) is 0 Å². The van der Waals surface area contributed by atoms with Crippen LogP contribution in [0.3, 0.4) is 0 Å². The van der Waals surface area contributed by atoms with Crippen molar-refractivity contribution in [2.24, 2.45) is 0 Å². The Balaban J connectivity index is 0.000000248. The number of nitrogens with zero attached hydrogens (tertiary/aromatic N) is 6. The Labute approximate surface area is 175 Å². The molecular weight excluding hydrogens is 388 g/mol. The highest BCUT2D eigenvalue weighted by Gasteiger charge is 2.38. The van der Waals surface area contributed by atoms with Gasteiger partial charge >= 0.3 is 5.97 Å². The molecule has 11 nitrogen and oxygen atoms in total. The maximum Gasteiger partial charge on any atom is 0.378 e. The largest absolute Gasteiger partial charge is 0.460 e. The Hall–Kier alpha value is -3.08. The summed E-state index contributed by atoms with van der Waals surface area (Å²) in [5.74, 6) is -0.682. The number of carbonyl (C=O) groups is 2. The highest BCUT2D eigenvalue weighted by atomic mass is 16.5. The van der Waals surface area contributed by atoms with E-state index < -0.39 is 5.97 Å². The van der Waals surface area contributed by atoms with Gasteiger partial charge in [0.15, 0.2) is 0 Å². The molecule has 2 N–H and O–H groups in total. The first kappa shape index (κ1) is 23.2. The molecule has 162 valence electrons. The zero-order chi connectivity index (χ0) is 22.2. The zero-order valence-electron chi connectivity index (χ0n) is 17.9.